The number of Topliss-reactive ketones (excluding diaryl/α,β-unsaturated/α-hetero) is 2. The minimum atomic E-state index is -0.443. The van der Waals surface area contributed by atoms with Gasteiger partial charge in [0.25, 0.3) is 5.91 Å². The lowest BCUT2D eigenvalue weighted by molar-refractivity contribution is -0.150. The molecule has 0 aromatic carbocycles. The largest absolute Gasteiger partial charge is 0.336 e. The molecule has 5 heteroatoms. The van der Waals surface area contributed by atoms with Gasteiger partial charge in [-0.2, -0.15) is 0 Å². The van der Waals surface area contributed by atoms with E-state index in [1.807, 2.05) is 12.2 Å². The van der Waals surface area contributed by atoms with Gasteiger partial charge in [-0.3, -0.25) is 19.2 Å². The van der Waals surface area contributed by atoms with Crippen molar-refractivity contribution >= 4 is 23.3 Å². The number of nitrogens with zero attached hydrogens (tertiary/aromatic N) is 1. The van der Waals surface area contributed by atoms with E-state index < -0.39 is 5.92 Å². The number of carbonyl (C=O) groups excluding carboxylic acids is 4. The molecule has 1 saturated heterocycles. The summed E-state index contributed by atoms with van der Waals surface area (Å²) in [4.78, 5) is 52.9. The molecule has 1 amide bonds. The quantitative estimate of drug-likeness (QED) is 0.392. The Morgan fingerprint density at radius 1 is 0.719 bits per heavy atom. The lowest BCUT2D eigenvalue weighted by Crippen LogP contribution is -2.47. The number of fused-ring (bicyclic) bond motifs is 3. The van der Waals surface area contributed by atoms with Crippen LogP contribution in [-0.2, 0) is 19.2 Å². The lowest BCUT2D eigenvalue weighted by atomic mass is 9.73. The molecule has 3 unspecified atom stereocenters. The predicted octanol–water partition coefficient (Wildman–Crippen LogP) is 4.99. The Morgan fingerprint density at radius 3 is 2.28 bits per heavy atom. The van der Waals surface area contributed by atoms with Crippen LogP contribution in [0.5, 0.6) is 0 Å². The number of rotatable bonds is 0. The summed E-state index contributed by atoms with van der Waals surface area (Å²) >= 11 is 0. The fourth-order valence-corrected chi connectivity index (χ4v) is 5.50. The van der Waals surface area contributed by atoms with Crippen molar-refractivity contribution < 1.29 is 19.2 Å². The smallest absolute Gasteiger partial charge is 0.290 e. The maximum absolute atomic E-state index is 13.2. The zero-order valence-electron chi connectivity index (χ0n) is 19.4. The number of piperidine rings is 1. The van der Waals surface area contributed by atoms with E-state index in [0.29, 0.717) is 57.5 Å². The molecule has 2 aliphatic heterocycles. The van der Waals surface area contributed by atoms with Crippen LogP contribution >= 0.6 is 0 Å². The maximum Gasteiger partial charge on any atom is 0.290 e. The third kappa shape index (κ3) is 7.25. The van der Waals surface area contributed by atoms with E-state index >= 15 is 0 Å². The minimum absolute atomic E-state index is 0.0946. The third-order valence-electron chi connectivity index (χ3n) is 7.35. The third-order valence-corrected chi connectivity index (χ3v) is 7.35. The Hall–Kier alpha value is -2.04. The van der Waals surface area contributed by atoms with E-state index in [2.05, 4.69) is 6.08 Å². The predicted molar refractivity (Wildman–Crippen MR) is 125 cm³/mol. The molecule has 2 fully saturated rings. The number of ketones is 3. The van der Waals surface area contributed by atoms with Crippen molar-refractivity contribution in [1.29, 1.82) is 0 Å². The molecule has 0 radical (unpaired) electrons. The highest BCUT2D eigenvalue weighted by Crippen LogP contribution is 2.33. The van der Waals surface area contributed by atoms with Crippen molar-refractivity contribution in [2.75, 3.05) is 13.1 Å². The van der Waals surface area contributed by atoms with Crippen LogP contribution in [-0.4, -0.2) is 41.2 Å². The van der Waals surface area contributed by atoms with Gasteiger partial charge in [-0.1, -0.05) is 37.5 Å². The van der Waals surface area contributed by atoms with Crippen LogP contribution in [0.2, 0.25) is 0 Å². The first kappa shape index (κ1) is 24.6. The number of hydrogen-bond donors (Lipinski definition) is 0. The molecule has 1 saturated carbocycles. The van der Waals surface area contributed by atoms with Crippen LogP contribution in [0.3, 0.4) is 0 Å². The van der Waals surface area contributed by atoms with Crippen LogP contribution in [0, 0.1) is 17.8 Å². The van der Waals surface area contributed by atoms with Gasteiger partial charge in [-0.25, -0.2) is 0 Å². The second-order valence-corrected chi connectivity index (χ2v) is 9.81. The van der Waals surface area contributed by atoms with Gasteiger partial charge in [-0.05, 0) is 69.8 Å². The lowest BCUT2D eigenvalue weighted by Gasteiger charge is -2.35. The molecule has 3 rings (SSSR count). The molecule has 0 aromatic rings. The van der Waals surface area contributed by atoms with Crippen LogP contribution < -0.4 is 0 Å². The first-order chi connectivity index (χ1) is 15.6. The van der Waals surface area contributed by atoms with Crippen LogP contribution in [0.25, 0.3) is 0 Å². The van der Waals surface area contributed by atoms with Crippen molar-refractivity contribution in [3.05, 3.63) is 24.3 Å². The summed E-state index contributed by atoms with van der Waals surface area (Å²) in [7, 11) is 0. The Kier molecular flexibility index (Phi) is 9.89. The summed E-state index contributed by atoms with van der Waals surface area (Å²) in [5, 5.41) is 0. The first-order valence-electron chi connectivity index (χ1n) is 12.8. The van der Waals surface area contributed by atoms with Crippen molar-refractivity contribution in [2.24, 2.45) is 17.8 Å². The molecule has 0 aromatic heterocycles. The van der Waals surface area contributed by atoms with Gasteiger partial charge in [-0.15, -0.1) is 0 Å². The van der Waals surface area contributed by atoms with E-state index in [1.54, 1.807) is 11.0 Å². The van der Waals surface area contributed by atoms with Crippen molar-refractivity contribution in [2.45, 2.75) is 89.9 Å². The second-order valence-electron chi connectivity index (χ2n) is 9.81. The molecule has 0 N–H and O–H groups in total. The molecule has 3 aliphatic rings. The van der Waals surface area contributed by atoms with Crippen molar-refractivity contribution in [1.82, 2.24) is 4.90 Å². The fraction of sp³-hybridized carbons (Fsp3) is 0.704. The van der Waals surface area contributed by atoms with E-state index in [-0.39, 0.29) is 29.2 Å². The van der Waals surface area contributed by atoms with Crippen molar-refractivity contribution in [3.8, 4) is 0 Å². The average molecular weight is 442 g/mol. The average Bonchev–Trinajstić information content (AvgIpc) is 2.81. The molecule has 1 aliphatic carbocycles. The van der Waals surface area contributed by atoms with Crippen LogP contribution in [0.1, 0.15) is 89.9 Å². The van der Waals surface area contributed by atoms with Crippen molar-refractivity contribution in [3.63, 3.8) is 0 Å². The maximum atomic E-state index is 13.2. The van der Waals surface area contributed by atoms with Gasteiger partial charge in [0.15, 0.2) is 5.78 Å². The molecule has 3 atom stereocenters. The fourth-order valence-electron chi connectivity index (χ4n) is 5.50. The monoisotopic (exact) mass is 441 g/mol. The summed E-state index contributed by atoms with van der Waals surface area (Å²) in [5.74, 6) is -0.779. The zero-order valence-corrected chi connectivity index (χ0v) is 19.4. The Labute approximate surface area is 192 Å². The summed E-state index contributed by atoms with van der Waals surface area (Å²) in [6, 6.07) is 0. The highest BCUT2D eigenvalue weighted by molar-refractivity contribution is 6.37. The van der Waals surface area contributed by atoms with Crippen LogP contribution in [0.4, 0.5) is 0 Å². The number of hydrogen-bond acceptors (Lipinski definition) is 4. The highest BCUT2D eigenvalue weighted by atomic mass is 16.2. The molecule has 176 valence electrons. The molecule has 2 heterocycles. The Bertz CT molecular complexity index is 738. The van der Waals surface area contributed by atoms with Gasteiger partial charge in [0.05, 0.1) is 0 Å². The SMILES string of the molecule is O=C1/C=C\CCCC(=O)C2CCCCC2C(=O)C(=O)N2CCCC(CCCCC=CC1)C2. The van der Waals surface area contributed by atoms with Crippen LogP contribution in [0.15, 0.2) is 24.3 Å². The number of amides is 1. The molecule has 32 heavy (non-hydrogen) atoms. The summed E-state index contributed by atoms with van der Waals surface area (Å²) in [5.41, 5.74) is 0. The van der Waals surface area contributed by atoms with Gasteiger partial charge >= 0.3 is 0 Å². The highest BCUT2D eigenvalue weighted by Gasteiger charge is 2.40. The first-order valence-corrected chi connectivity index (χ1v) is 12.8. The van der Waals surface area contributed by atoms with E-state index in [1.165, 1.54) is 0 Å². The molecular weight excluding hydrogens is 402 g/mol. The van der Waals surface area contributed by atoms with E-state index in [9.17, 15) is 19.2 Å². The topological polar surface area (TPSA) is 71.5 Å². The summed E-state index contributed by atoms with van der Waals surface area (Å²) in [6.07, 6.45) is 19.2. The van der Waals surface area contributed by atoms with Gasteiger partial charge in [0.1, 0.15) is 5.78 Å². The Balaban J connectivity index is 1.69. The minimum Gasteiger partial charge on any atom is -0.336 e. The number of allylic oxidation sites excluding steroid dienone is 4. The number of carbonyl (C=O) groups is 4. The Morgan fingerprint density at radius 2 is 1.44 bits per heavy atom. The van der Waals surface area contributed by atoms with Gasteiger partial charge in [0.2, 0.25) is 5.78 Å². The van der Waals surface area contributed by atoms with Gasteiger partial charge < -0.3 is 4.90 Å². The summed E-state index contributed by atoms with van der Waals surface area (Å²) in [6.45, 7) is 1.33. The van der Waals surface area contributed by atoms with Gasteiger partial charge in [0, 0.05) is 37.8 Å². The standard InChI is InChI=1S/C27H39NO4/c29-22-14-6-3-1-2-5-12-21-13-11-19-28(20-21)27(32)26(31)24-17-10-9-16-23(24)25(30)18-8-4-7-15-22/h3,6-7,15,21,23-24H,1-2,4-5,8-14,16-20H2/b6-3?,15-7-. The molecule has 0 spiro atoms. The normalized spacial score (nSPS) is 31.0. The molecule has 2 bridgehead atoms. The summed E-state index contributed by atoms with van der Waals surface area (Å²) < 4.78 is 0. The second kappa shape index (κ2) is 12.9. The van der Waals surface area contributed by atoms with E-state index in [0.717, 1.165) is 51.4 Å². The molecule has 5 nitrogen and oxygen atoms in total. The molecular formula is C27H39NO4. The zero-order chi connectivity index (χ0) is 22.8. The van der Waals surface area contributed by atoms with E-state index in [4.69, 9.17) is 0 Å².